The minimum atomic E-state index is -0.906. The predicted molar refractivity (Wildman–Crippen MR) is 129 cm³/mol. The molecular formula is C25H29ClFN5O3. The van der Waals surface area contributed by atoms with Gasteiger partial charge in [-0.3, -0.25) is 9.48 Å². The van der Waals surface area contributed by atoms with Crippen molar-refractivity contribution in [3.63, 3.8) is 0 Å². The van der Waals surface area contributed by atoms with Crippen LogP contribution in [0, 0.1) is 17.7 Å². The quantitative estimate of drug-likeness (QED) is 0.508. The number of carbonyl (C=O) groups excluding carboxylic acids is 1. The van der Waals surface area contributed by atoms with Crippen molar-refractivity contribution in [1.82, 2.24) is 19.3 Å². The molecule has 8 nitrogen and oxygen atoms in total. The lowest BCUT2D eigenvalue weighted by atomic mass is 9.90. The first kappa shape index (κ1) is 24.0. The number of hydrogen-bond donors (Lipinski definition) is 2. The van der Waals surface area contributed by atoms with E-state index in [1.165, 1.54) is 18.2 Å². The number of hydrogen-bond acceptors (Lipinski definition) is 5. The molecule has 2 fully saturated rings. The number of rotatable bonds is 7. The second kappa shape index (κ2) is 9.37. The topological polar surface area (TPSA) is 94.2 Å². The summed E-state index contributed by atoms with van der Waals surface area (Å²) in [5.74, 6) is -0.0377. The highest BCUT2D eigenvalue weighted by molar-refractivity contribution is 6.31. The second-order valence-electron chi connectivity index (χ2n) is 9.73. The highest BCUT2D eigenvalue weighted by Crippen LogP contribution is 2.56. The summed E-state index contributed by atoms with van der Waals surface area (Å²) < 4.78 is 22.2. The van der Waals surface area contributed by atoms with E-state index in [-0.39, 0.29) is 16.8 Å². The van der Waals surface area contributed by atoms with Crippen LogP contribution in [0.15, 0.2) is 36.8 Å². The molecule has 2 aliphatic rings. The van der Waals surface area contributed by atoms with Crippen LogP contribution in [-0.2, 0) is 23.9 Å². The molecule has 0 aliphatic heterocycles. The Morgan fingerprint density at radius 1 is 1.31 bits per heavy atom. The zero-order valence-electron chi connectivity index (χ0n) is 19.7. The predicted octanol–water partition coefficient (Wildman–Crippen LogP) is 4.10. The van der Waals surface area contributed by atoms with E-state index < -0.39 is 11.4 Å². The maximum atomic E-state index is 13.5. The molecule has 2 aliphatic carbocycles. The van der Waals surface area contributed by atoms with Gasteiger partial charge in [-0.2, -0.15) is 5.10 Å². The zero-order chi connectivity index (χ0) is 24.7. The van der Waals surface area contributed by atoms with Crippen LogP contribution in [0.5, 0.6) is 0 Å². The number of fused-ring (bicyclic) bond motifs is 1. The van der Waals surface area contributed by atoms with Crippen LogP contribution in [0.4, 0.5) is 10.1 Å². The summed E-state index contributed by atoms with van der Waals surface area (Å²) in [6.07, 6.45) is 6.43. The van der Waals surface area contributed by atoms with Gasteiger partial charge in [-0.1, -0.05) is 11.6 Å². The molecule has 10 heteroatoms. The van der Waals surface area contributed by atoms with E-state index >= 15 is 0 Å². The Bertz CT molecular complexity index is 1230. The number of carbonyl (C=O) groups is 1. The van der Waals surface area contributed by atoms with Gasteiger partial charge in [0, 0.05) is 32.0 Å². The number of aliphatic hydroxyl groups is 1. The SMILES string of the molecule is COCCn1nccc1C1(O)CC2CC(c3ncn(C)c3C(=O)Nc3ccc(F)c(Cl)c3)CC2C1. The third-order valence-corrected chi connectivity index (χ3v) is 7.78. The van der Waals surface area contributed by atoms with E-state index in [9.17, 15) is 14.3 Å². The van der Waals surface area contributed by atoms with Crippen LogP contribution in [0.1, 0.15) is 53.5 Å². The number of halogens is 2. The smallest absolute Gasteiger partial charge is 0.274 e. The number of aryl methyl sites for hydroxylation is 1. The number of ether oxygens (including phenoxy) is 1. The Hall–Kier alpha value is -2.75. The summed E-state index contributed by atoms with van der Waals surface area (Å²) in [6.45, 7) is 1.14. The van der Waals surface area contributed by atoms with Gasteiger partial charge in [-0.15, -0.1) is 0 Å². The van der Waals surface area contributed by atoms with Crippen molar-refractivity contribution < 1.29 is 19.0 Å². The van der Waals surface area contributed by atoms with E-state index in [1.54, 1.807) is 31.2 Å². The van der Waals surface area contributed by atoms with Crippen LogP contribution in [0.25, 0.3) is 0 Å². The van der Waals surface area contributed by atoms with E-state index in [4.69, 9.17) is 16.3 Å². The van der Waals surface area contributed by atoms with Gasteiger partial charge in [0.25, 0.3) is 5.91 Å². The molecule has 0 radical (unpaired) electrons. The van der Waals surface area contributed by atoms with Crippen molar-refractivity contribution in [3.05, 3.63) is 64.7 Å². The van der Waals surface area contributed by atoms with E-state index in [1.807, 2.05) is 10.7 Å². The summed E-state index contributed by atoms with van der Waals surface area (Å²) in [6, 6.07) is 6.00. The number of imidazole rings is 1. The number of aromatic nitrogens is 4. The largest absolute Gasteiger partial charge is 0.384 e. The molecule has 186 valence electrons. The highest BCUT2D eigenvalue weighted by Gasteiger charge is 2.51. The lowest BCUT2D eigenvalue weighted by Crippen LogP contribution is -2.28. The minimum Gasteiger partial charge on any atom is -0.384 e. The molecule has 1 amide bonds. The standard InChI is InChI=1S/C25H29ClFN5O3/c1-31-14-28-22(23(31)24(33)30-18-3-4-20(27)19(26)11-18)15-9-16-12-25(34,13-17(16)10-15)21-5-6-29-32(21)7-8-35-2/h3-6,11,14-17,34H,7-10,12-13H2,1-2H3,(H,30,33). The van der Waals surface area contributed by atoms with Gasteiger partial charge in [-0.05, 0) is 61.8 Å². The monoisotopic (exact) mass is 501 g/mol. The molecule has 2 N–H and O–H groups in total. The maximum Gasteiger partial charge on any atom is 0.274 e. The van der Waals surface area contributed by atoms with Crippen molar-refractivity contribution in [3.8, 4) is 0 Å². The maximum absolute atomic E-state index is 13.5. The van der Waals surface area contributed by atoms with Crippen LogP contribution in [0.2, 0.25) is 5.02 Å². The number of nitrogens with zero attached hydrogens (tertiary/aromatic N) is 4. The first-order valence-corrected chi connectivity index (χ1v) is 12.2. The molecule has 1 aromatic carbocycles. The number of anilines is 1. The molecule has 0 spiro atoms. The van der Waals surface area contributed by atoms with Gasteiger partial charge in [0.15, 0.2) is 0 Å². The lowest BCUT2D eigenvalue weighted by molar-refractivity contribution is 0.0240. The summed E-state index contributed by atoms with van der Waals surface area (Å²) in [4.78, 5) is 17.7. The second-order valence-corrected chi connectivity index (χ2v) is 10.1. The molecular weight excluding hydrogens is 473 g/mol. The molecule has 2 atom stereocenters. The average Bonchev–Trinajstić information content (AvgIpc) is 3.57. The van der Waals surface area contributed by atoms with Gasteiger partial charge < -0.3 is 19.7 Å². The Balaban J connectivity index is 1.30. The van der Waals surface area contributed by atoms with Gasteiger partial charge in [0.05, 0.1) is 35.9 Å². The summed E-state index contributed by atoms with van der Waals surface area (Å²) in [5, 5.41) is 18.7. The van der Waals surface area contributed by atoms with Gasteiger partial charge >= 0.3 is 0 Å². The van der Waals surface area contributed by atoms with Gasteiger partial charge in [0.2, 0.25) is 0 Å². The zero-order valence-corrected chi connectivity index (χ0v) is 20.5. The lowest BCUT2D eigenvalue weighted by Gasteiger charge is -2.26. The van der Waals surface area contributed by atoms with E-state index in [2.05, 4.69) is 15.4 Å². The molecule has 0 bridgehead atoms. The third kappa shape index (κ3) is 4.48. The fourth-order valence-corrected chi connectivity index (χ4v) is 6.15. The molecule has 5 rings (SSSR count). The summed E-state index contributed by atoms with van der Waals surface area (Å²) >= 11 is 5.86. The number of amides is 1. The van der Waals surface area contributed by atoms with Gasteiger partial charge in [-0.25, -0.2) is 9.37 Å². The minimum absolute atomic E-state index is 0.0484. The van der Waals surface area contributed by atoms with Crippen LogP contribution >= 0.6 is 11.6 Å². The molecule has 2 unspecified atom stereocenters. The van der Waals surface area contributed by atoms with E-state index in [0.717, 1.165) is 24.2 Å². The first-order valence-electron chi connectivity index (χ1n) is 11.8. The third-order valence-electron chi connectivity index (χ3n) is 7.49. The molecule has 2 saturated carbocycles. The summed E-state index contributed by atoms with van der Waals surface area (Å²) in [5.41, 5.74) is 1.62. The summed E-state index contributed by atoms with van der Waals surface area (Å²) in [7, 11) is 3.44. The Labute approximate surface area is 208 Å². The molecule has 0 saturated heterocycles. The normalized spacial score (nSPS) is 25.7. The first-order chi connectivity index (χ1) is 16.8. The fourth-order valence-electron chi connectivity index (χ4n) is 5.97. The van der Waals surface area contributed by atoms with Crippen LogP contribution in [0.3, 0.4) is 0 Å². The van der Waals surface area contributed by atoms with Crippen molar-refractivity contribution in [2.75, 3.05) is 19.0 Å². The molecule has 2 aromatic heterocycles. The molecule has 3 aromatic rings. The van der Waals surface area contributed by atoms with Crippen molar-refractivity contribution in [2.45, 2.75) is 43.7 Å². The van der Waals surface area contributed by atoms with Crippen molar-refractivity contribution in [1.29, 1.82) is 0 Å². The Kier molecular flexibility index (Phi) is 6.41. The number of benzene rings is 1. The van der Waals surface area contributed by atoms with E-state index in [0.29, 0.717) is 49.2 Å². The average molecular weight is 502 g/mol. The highest BCUT2D eigenvalue weighted by atomic mass is 35.5. The van der Waals surface area contributed by atoms with Crippen molar-refractivity contribution in [2.24, 2.45) is 18.9 Å². The molecule has 2 heterocycles. The van der Waals surface area contributed by atoms with Crippen LogP contribution < -0.4 is 5.32 Å². The molecule has 35 heavy (non-hydrogen) atoms. The number of nitrogens with one attached hydrogen (secondary N) is 1. The van der Waals surface area contributed by atoms with Gasteiger partial charge in [0.1, 0.15) is 17.1 Å². The Morgan fingerprint density at radius 3 is 2.74 bits per heavy atom. The fraction of sp³-hybridized carbons (Fsp3) is 0.480. The Morgan fingerprint density at radius 2 is 2.06 bits per heavy atom. The number of methoxy groups -OCH3 is 1. The van der Waals surface area contributed by atoms with Crippen molar-refractivity contribution >= 4 is 23.2 Å². The van der Waals surface area contributed by atoms with Crippen LogP contribution in [-0.4, -0.2) is 44.1 Å².